The number of carbonyl (C=O) groups excluding carboxylic acids is 8. The van der Waals surface area contributed by atoms with Gasteiger partial charge in [-0.15, -0.1) is 0 Å². The molecule has 23 heteroatoms. The molecule has 0 radical (unpaired) electrons. The SMILES string of the molecule is CCCCSC[C@H](NC(=O)[C@H](CC(C)C)NC(=O)[C@@H](NC(=O)[C@H](Cc1ccccc1C)NC(=O)[C@H](CCC(=O)O)NC(=O)[C@H](CC(=O)O)NC(=O)CCC(=O)O)C(C)(C)C)C(OC=O)C(=O)NCc1ccccc1. The lowest BCUT2D eigenvalue weighted by molar-refractivity contribution is -0.147. The van der Waals surface area contributed by atoms with Crippen LogP contribution in [0.25, 0.3) is 0 Å². The summed E-state index contributed by atoms with van der Waals surface area (Å²) in [5.74, 6) is -9.96. The Balaban J connectivity index is 2.52. The van der Waals surface area contributed by atoms with Crippen molar-refractivity contribution < 1.29 is 72.8 Å². The molecule has 0 aliphatic rings. The van der Waals surface area contributed by atoms with Crippen molar-refractivity contribution in [2.24, 2.45) is 11.3 Å². The fourth-order valence-electron chi connectivity index (χ4n) is 7.33. The molecule has 22 nitrogen and oxygen atoms in total. The average molecular weight is 1060 g/mol. The molecule has 0 spiro atoms. The van der Waals surface area contributed by atoms with E-state index in [1.165, 1.54) is 11.8 Å². The molecular formula is C51H73N7O15S. The minimum atomic E-state index is -1.82. The molecule has 0 bridgehead atoms. The lowest BCUT2D eigenvalue weighted by Gasteiger charge is -2.34. The van der Waals surface area contributed by atoms with E-state index in [2.05, 4.69) is 37.2 Å². The molecule has 7 amide bonds. The number of benzene rings is 2. The van der Waals surface area contributed by atoms with Crippen molar-refractivity contribution in [1.82, 2.24) is 37.2 Å². The molecule has 1 unspecified atom stereocenters. The molecule has 7 atom stereocenters. The van der Waals surface area contributed by atoms with Crippen LogP contribution < -0.4 is 37.2 Å². The summed E-state index contributed by atoms with van der Waals surface area (Å²) in [6.45, 7) is 12.6. The number of amides is 7. The molecule has 10 N–H and O–H groups in total. The second-order valence-corrected chi connectivity index (χ2v) is 20.3. The van der Waals surface area contributed by atoms with Crippen molar-refractivity contribution in [3.8, 4) is 0 Å². The van der Waals surface area contributed by atoms with Crippen LogP contribution in [0.5, 0.6) is 0 Å². The second-order valence-electron chi connectivity index (χ2n) is 19.2. The fraction of sp³-hybridized carbons (Fsp3) is 0.549. The molecule has 0 saturated heterocycles. The summed E-state index contributed by atoms with van der Waals surface area (Å²) in [5, 5.41) is 46.0. The van der Waals surface area contributed by atoms with Crippen molar-refractivity contribution in [2.75, 3.05) is 11.5 Å². The zero-order valence-corrected chi connectivity index (χ0v) is 43.8. The first-order valence-electron chi connectivity index (χ1n) is 24.4. The van der Waals surface area contributed by atoms with Crippen LogP contribution in [0.15, 0.2) is 54.6 Å². The first-order valence-corrected chi connectivity index (χ1v) is 25.5. The Bertz CT molecular complexity index is 2240. The van der Waals surface area contributed by atoms with E-state index < -0.39 is 139 Å². The van der Waals surface area contributed by atoms with Crippen molar-refractivity contribution in [3.63, 3.8) is 0 Å². The highest BCUT2D eigenvalue weighted by Gasteiger charge is 2.39. The van der Waals surface area contributed by atoms with E-state index in [0.29, 0.717) is 16.9 Å². The number of nitrogens with one attached hydrogen (secondary N) is 7. The van der Waals surface area contributed by atoms with E-state index in [9.17, 15) is 63.0 Å². The van der Waals surface area contributed by atoms with Crippen LogP contribution in [0.1, 0.15) is 110 Å². The van der Waals surface area contributed by atoms with Gasteiger partial charge in [0.1, 0.15) is 30.2 Å². The maximum absolute atomic E-state index is 14.6. The van der Waals surface area contributed by atoms with Gasteiger partial charge in [-0.1, -0.05) is 103 Å². The molecule has 408 valence electrons. The summed E-state index contributed by atoms with van der Waals surface area (Å²) in [4.78, 5) is 143. The van der Waals surface area contributed by atoms with Gasteiger partial charge in [-0.05, 0) is 60.0 Å². The Kier molecular flexibility index (Phi) is 27.5. The van der Waals surface area contributed by atoms with Crippen molar-refractivity contribution in [3.05, 3.63) is 71.3 Å². The number of aliphatic carboxylic acids is 3. The van der Waals surface area contributed by atoms with E-state index in [1.807, 2.05) is 26.8 Å². The van der Waals surface area contributed by atoms with Gasteiger partial charge in [-0.3, -0.25) is 52.7 Å². The summed E-state index contributed by atoms with van der Waals surface area (Å²) < 4.78 is 5.31. The van der Waals surface area contributed by atoms with E-state index >= 15 is 0 Å². The van der Waals surface area contributed by atoms with Gasteiger partial charge < -0.3 is 57.3 Å². The van der Waals surface area contributed by atoms with Crippen molar-refractivity contribution in [2.45, 2.75) is 155 Å². The maximum atomic E-state index is 14.6. The van der Waals surface area contributed by atoms with Gasteiger partial charge in [0.05, 0.1) is 18.9 Å². The van der Waals surface area contributed by atoms with Gasteiger partial charge in [0, 0.05) is 31.6 Å². The Morgan fingerprint density at radius 1 is 0.662 bits per heavy atom. The van der Waals surface area contributed by atoms with Gasteiger partial charge in [0.2, 0.25) is 41.5 Å². The average Bonchev–Trinajstić information content (AvgIpc) is 3.32. The Morgan fingerprint density at radius 3 is 1.82 bits per heavy atom. The number of hydrogen-bond acceptors (Lipinski definition) is 13. The van der Waals surface area contributed by atoms with Crippen LogP contribution in [0, 0.1) is 18.3 Å². The van der Waals surface area contributed by atoms with Crippen molar-refractivity contribution >= 4 is 77.5 Å². The fourth-order valence-corrected chi connectivity index (χ4v) is 8.50. The number of rotatable bonds is 34. The van der Waals surface area contributed by atoms with Crippen LogP contribution in [0.2, 0.25) is 0 Å². The monoisotopic (exact) mass is 1060 g/mol. The summed E-state index contributed by atoms with van der Waals surface area (Å²) in [7, 11) is 0. The summed E-state index contributed by atoms with van der Waals surface area (Å²) in [6.07, 6.45) is -3.33. The van der Waals surface area contributed by atoms with Gasteiger partial charge in [-0.2, -0.15) is 11.8 Å². The molecule has 2 aromatic carbocycles. The number of unbranched alkanes of at least 4 members (excludes halogenated alkanes) is 1. The third kappa shape index (κ3) is 23.7. The zero-order valence-electron chi connectivity index (χ0n) is 43.0. The first-order chi connectivity index (χ1) is 34.9. The minimum absolute atomic E-state index is 0.0895. The highest BCUT2D eigenvalue weighted by molar-refractivity contribution is 7.99. The summed E-state index contributed by atoms with van der Waals surface area (Å²) >= 11 is 1.44. The number of hydrogen-bond donors (Lipinski definition) is 10. The third-order valence-corrected chi connectivity index (χ3v) is 12.5. The van der Waals surface area contributed by atoms with Gasteiger partial charge in [-0.25, -0.2) is 0 Å². The molecule has 0 heterocycles. The molecular weight excluding hydrogens is 983 g/mol. The van der Waals surface area contributed by atoms with E-state index in [0.717, 1.165) is 18.4 Å². The maximum Gasteiger partial charge on any atom is 0.305 e. The predicted molar refractivity (Wildman–Crippen MR) is 273 cm³/mol. The topological polar surface area (TPSA) is 342 Å². The largest absolute Gasteiger partial charge is 0.481 e. The number of ether oxygens (including phenoxy) is 1. The van der Waals surface area contributed by atoms with Gasteiger partial charge >= 0.3 is 17.9 Å². The highest BCUT2D eigenvalue weighted by Crippen LogP contribution is 2.22. The summed E-state index contributed by atoms with van der Waals surface area (Å²) in [5.41, 5.74) is 0.985. The Labute approximate surface area is 435 Å². The molecule has 2 aromatic rings. The van der Waals surface area contributed by atoms with Crippen LogP contribution in [0.3, 0.4) is 0 Å². The Morgan fingerprint density at radius 2 is 1.24 bits per heavy atom. The standard InChI is InChI=1S/C51H73N7O15S/c1-8-9-23-74-28-38(43(73-29-59)49(71)52-27-32-16-11-10-12-17-32)57-46(68)35(24-30(2)3)56-50(72)44(51(5,6)7)58-48(70)36(25-33-18-14-13-15-31(33)4)55-45(67)34(19-21-40(61)62)54-47(69)37(26-42(65)66)53-39(60)20-22-41(63)64/h10-18,29-30,34-38,43-44H,8-9,19-28H2,1-7H3,(H,52,71)(H,53,60)(H,54,69)(H,55,67)(H,56,72)(H,57,68)(H,58,70)(H,61,62)(H,63,64)(H,65,66)/t34-,35-,36-,37-,38-,43?,44+/m0/s1. The number of carboxylic acid groups (broad SMARTS) is 3. The normalized spacial score (nSPS) is 14.0. The first kappa shape index (κ1) is 63.1. The molecule has 0 aromatic heterocycles. The molecule has 0 aliphatic heterocycles. The van der Waals surface area contributed by atoms with Gasteiger partial charge in [0.25, 0.3) is 12.4 Å². The van der Waals surface area contributed by atoms with E-state index in [1.54, 1.807) is 76.2 Å². The second kappa shape index (κ2) is 32.2. The smallest absolute Gasteiger partial charge is 0.305 e. The third-order valence-electron chi connectivity index (χ3n) is 11.4. The molecule has 0 aliphatic carbocycles. The quantitative estimate of drug-likeness (QED) is 0.0355. The van der Waals surface area contributed by atoms with Crippen LogP contribution in [0.4, 0.5) is 0 Å². The van der Waals surface area contributed by atoms with Crippen LogP contribution in [-0.4, -0.2) is 135 Å². The van der Waals surface area contributed by atoms with E-state index in [-0.39, 0.29) is 37.5 Å². The summed E-state index contributed by atoms with van der Waals surface area (Å²) in [6, 6.07) is 7.13. The van der Waals surface area contributed by atoms with Gasteiger partial charge in [0.15, 0.2) is 0 Å². The number of thioether (sulfide) groups is 1. The number of carboxylic acids is 3. The van der Waals surface area contributed by atoms with E-state index in [4.69, 9.17) is 9.84 Å². The highest BCUT2D eigenvalue weighted by atomic mass is 32.2. The predicted octanol–water partition coefficient (Wildman–Crippen LogP) is 2.13. The number of aryl methyl sites for hydroxylation is 1. The zero-order chi connectivity index (χ0) is 55.5. The lowest BCUT2D eigenvalue weighted by Crippen LogP contribution is -2.62. The minimum Gasteiger partial charge on any atom is -0.481 e. The molecule has 0 fully saturated rings. The molecule has 2 rings (SSSR count). The lowest BCUT2D eigenvalue weighted by atomic mass is 9.85. The molecule has 74 heavy (non-hydrogen) atoms. The van der Waals surface area contributed by atoms with Crippen LogP contribution in [-0.2, 0) is 70.4 Å². The van der Waals surface area contributed by atoms with Crippen molar-refractivity contribution in [1.29, 1.82) is 0 Å². The molecule has 0 saturated carbocycles. The number of carbonyl (C=O) groups is 11. The Hall–Kier alpha value is -7.04. The van der Waals surface area contributed by atoms with Crippen LogP contribution >= 0.6 is 11.8 Å².